The van der Waals surface area contributed by atoms with Crippen molar-refractivity contribution in [2.24, 2.45) is 0 Å². The Kier molecular flexibility index (Phi) is 3.88. The minimum atomic E-state index is -0.581. The Bertz CT molecular complexity index is 832. The van der Waals surface area contributed by atoms with E-state index in [4.69, 9.17) is 10.2 Å². The summed E-state index contributed by atoms with van der Waals surface area (Å²) in [6, 6.07) is 12.4. The highest BCUT2D eigenvalue weighted by Crippen LogP contribution is 2.19. The van der Waals surface area contributed by atoms with Crippen molar-refractivity contribution in [1.29, 1.82) is 0 Å². The molecule has 4 N–H and O–H groups in total. The van der Waals surface area contributed by atoms with Crippen molar-refractivity contribution >= 4 is 29.0 Å². The van der Waals surface area contributed by atoms with E-state index < -0.39 is 5.91 Å². The lowest BCUT2D eigenvalue weighted by atomic mass is 10.2. The van der Waals surface area contributed by atoms with Gasteiger partial charge >= 0.3 is 17.8 Å². The number of hydrogen-bond donors (Lipinski definition) is 3. The van der Waals surface area contributed by atoms with E-state index >= 15 is 0 Å². The topological polar surface area (TPSA) is 106 Å². The number of rotatable bonds is 4. The zero-order valence-corrected chi connectivity index (χ0v) is 11.8. The minimum Gasteiger partial charge on any atom is -0.399 e. The summed E-state index contributed by atoms with van der Waals surface area (Å²) in [5.74, 6) is -1.16. The van der Waals surface area contributed by atoms with E-state index in [1.807, 2.05) is 0 Å². The molecule has 8 heteroatoms. The molecular formula is C15H12FN5O2. The number of amides is 1. The van der Waals surface area contributed by atoms with Gasteiger partial charge in [0.05, 0.1) is 11.4 Å². The van der Waals surface area contributed by atoms with E-state index in [0.29, 0.717) is 17.1 Å². The normalized spacial score (nSPS) is 10.3. The van der Waals surface area contributed by atoms with Crippen LogP contribution in [0.25, 0.3) is 0 Å². The van der Waals surface area contributed by atoms with Crippen LogP contribution in [0.3, 0.4) is 0 Å². The van der Waals surface area contributed by atoms with Gasteiger partial charge in [-0.25, -0.2) is 4.39 Å². The van der Waals surface area contributed by atoms with Crippen LogP contribution >= 0.6 is 0 Å². The third kappa shape index (κ3) is 3.43. The highest BCUT2D eigenvalue weighted by molar-refractivity contribution is 6.02. The molecule has 0 unspecified atom stereocenters. The molecule has 23 heavy (non-hydrogen) atoms. The molecule has 1 heterocycles. The zero-order chi connectivity index (χ0) is 16.2. The van der Waals surface area contributed by atoms with E-state index in [-0.39, 0.29) is 17.7 Å². The number of anilines is 4. The lowest BCUT2D eigenvalue weighted by Crippen LogP contribution is -2.13. The number of nitrogens with zero attached hydrogens (tertiary/aromatic N) is 2. The van der Waals surface area contributed by atoms with Gasteiger partial charge in [0.25, 0.3) is 0 Å². The van der Waals surface area contributed by atoms with Crippen LogP contribution in [0.5, 0.6) is 0 Å². The Balaban J connectivity index is 1.70. The molecule has 7 nitrogen and oxygen atoms in total. The molecule has 0 aliphatic rings. The number of para-hydroxylation sites is 2. The van der Waals surface area contributed by atoms with E-state index in [0.717, 1.165) is 0 Å². The van der Waals surface area contributed by atoms with Crippen molar-refractivity contribution in [1.82, 2.24) is 10.2 Å². The van der Waals surface area contributed by atoms with Crippen molar-refractivity contribution in [3.63, 3.8) is 0 Å². The Morgan fingerprint density at radius 2 is 1.83 bits per heavy atom. The molecule has 0 aliphatic heterocycles. The molecule has 0 atom stereocenters. The van der Waals surface area contributed by atoms with Gasteiger partial charge in [0.1, 0.15) is 5.82 Å². The SMILES string of the molecule is Nc1ccccc1NC(=O)c1nnc(Nc2ccc(F)cc2)o1. The molecule has 0 aliphatic carbocycles. The maximum absolute atomic E-state index is 12.8. The van der Waals surface area contributed by atoms with E-state index in [1.54, 1.807) is 24.3 Å². The summed E-state index contributed by atoms with van der Waals surface area (Å²) in [5.41, 5.74) is 7.16. The Hall–Kier alpha value is -3.42. The third-order valence-corrected chi connectivity index (χ3v) is 2.92. The van der Waals surface area contributed by atoms with Gasteiger partial charge in [-0.05, 0) is 36.4 Å². The summed E-state index contributed by atoms with van der Waals surface area (Å²) >= 11 is 0. The van der Waals surface area contributed by atoms with Crippen molar-refractivity contribution in [2.75, 3.05) is 16.4 Å². The first-order valence-corrected chi connectivity index (χ1v) is 6.64. The van der Waals surface area contributed by atoms with Crippen molar-refractivity contribution < 1.29 is 13.6 Å². The standard InChI is InChI=1S/C15H12FN5O2/c16-9-5-7-10(8-6-9)18-15-21-20-14(23-15)13(22)19-12-4-2-1-3-11(12)17/h1-8H,17H2,(H,18,21)(H,19,22). The number of benzene rings is 2. The predicted octanol–water partition coefficient (Wildman–Crippen LogP) is 2.79. The minimum absolute atomic E-state index is 0.0165. The van der Waals surface area contributed by atoms with Crippen molar-refractivity contribution in [2.45, 2.75) is 0 Å². The molecular weight excluding hydrogens is 301 g/mol. The molecule has 1 amide bonds. The lowest BCUT2D eigenvalue weighted by Gasteiger charge is -2.04. The number of carbonyl (C=O) groups is 1. The van der Waals surface area contributed by atoms with Crippen molar-refractivity contribution in [3.8, 4) is 0 Å². The molecule has 0 fully saturated rings. The monoisotopic (exact) mass is 313 g/mol. The molecule has 1 aromatic heterocycles. The average molecular weight is 313 g/mol. The summed E-state index contributed by atoms with van der Waals surface area (Å²) in [5, 5.41) is 12.7. The maximum atomic E-state index is 12.8. The van der Waals surface area contributed by atoms with Gasteiger partial charge in [0.2, 0.25) is 0 Å². The molecule has 0 saturated carbocycles. The van der Waals surface area contributed by atoms with Crippen LogP contribution in [0.2, 0.25) is 0 Å². The van der Waals surface area contributed by atoms with E-state index in [1.165, 1.54) is 24.3 Å². The maximum Gasteiger partial charge on any atom is 0.320 e. The summed E-state index contributed by atoms with van der Waals surface area (Å²) in [4.78, 5) is 12.0. The smallest absolute Gasteiger partial charge is 0.320 e. The Morgan fingerprint density at radius 1 is 1.09 bits per heavy atom. The van der Waals surface area contributed by atoms with Gasteiger partial charge in [0, 0.05) is 5.69 Å². The predicted molar refractivity (Wildman–Crippen MR) is 82.8 cm³/mol. The molecule has 0 bridgehead atoms. The molecule has 3 aromatic rings. The van der Waals surface area contributed by atoms with Crippen LogP contribution in [0.1, 0.15) is 10.7 Å². The summed E-state index contributed by atoms with van der Waals surface area (Å²) in [6.07, 6.45) is 0. The number of nitrogens with one attached hydrogen (secondary N) is 2. The summed E-state index contributed by atoms with van der Waals surface area (Å²) < 4.78 is 18.0. The fourth-order valence-corrected chi connectivity index (χ4v) is 1.81. The number of nitrogens with two attached hydrogens (primary N) is 1. The van der Waals surface area contributed by atoms with E-state index in [9.17, 15) is 9.18 Å². The Labute approximate surface area is 130 Å². The van der Waals surface area contributed by atoms with Crippen LogP contribution < -0.4 is 16.4 Å². The molecule has 0 spiro atoms. The highest BCUT2D eigenvalue weighted by Gasteiger charge is 2.16. The number of nitrogen functional groups attached to an aromatic ring is 1. The Morgan fingerprint density at radius 3 is 2.57 bits per heavy atom. The number of aromatic nitrogens is 2. The summed E-state index contributed by atoms with van der Waals surface area (Å²) in [6.45, 7) is 0. The van der Waals surface area contributed by atoms with Gasteiger partial charge < -0.3 is 20.8 Å². The van der Waals surface area contributed by atoms with Crippen LogP contribution in [0, 0.1) is 5.82 Å². The number of carbonyl (C=O) groups excluding carboxylic acids is 1. The van der Waals surface area contributed by atoms with Gasteiger partial charge in [-0.3, -0.25) is 4.79 Å². The quantitative estimate of drug-likeness (QED) is 0.639. The molecule has 0 saturated heterocycles. The average Bonchev–Trinajstić information content (AvgIpc) is 3.00. The fraction of sp³-hybridized carbons (Fsp3) is 0. The first kappa shape index (κ1) is 14.5. The first-order valence-electron chi connectivity index (χ1n) is 6.64. The fourth-order valence-electron chi connectivity index (χ4n) is 1.81. The molecule has 3 rings (SSSR count). The number of hydrogen-bond acceptors (Lipinski definition) is 6. The van der Waals surface area contributed by atoms with Gasteiger partial charge in [-0.1, -0.05) is 17.2 Å². The summed E-state index contributed by atoms with van der Waals surface area (Å²) in [7, 11) is 0. The first-order chi connectivity index (χ1) is 11.1. The highest BCUT2D eigenvalue weighted by atomic mass is 19.1. The number of halogens is 1. The van der Waals surface area contributed by atoms with E-state index in [2.05, 4.69) is 20.8 Å². The van der Waals surface area contributed by atoms with Crippen LogP contribution in [0.4, 0.5) is 27.5 Å². The second kappa shape index (κ2) is 6.14. The lowest BCUT2D eigenvalue weighted by molar-refractivity contribution is 0.0991. The molecule has 116 valence electrons. The zero-order valence-electron chi connectivity index (χ0n) is 11.8. The third-order valence-electron chi connectivity index (χ3n) is 2.92. The second-order valence-electron chi connectivity index (χ2n) is 4.59. The van der Waals surface area contributed by atoms with Crippen LogP contribution in [-0.4, -0.2) is 16.1 Å². The van der Waals surface area contributed by atoms with Crippen LogP contribution in [-0.2, 0) is 0 Å². The molecule has 0 radical (unpaired) electrons. The van der Waals surface area contributed by atoms with Gasteiger partial charge in [-0.2, -0.15) is 0 Å². The van der Waals surface area contributed by atoms with Gasteiger partial charge in [-0.15, -0.1) is 5.10 Å². The van der Waals surface area contributed by atoms with Gasteiger partial charge in [0.15, 0.2) is 0 Å². The van der Waals surface area contributed by atoms with Crippen molar-refractivity contribution in [3.05, 3.63) is 60.2 Å². The second-order valence-corrected chi connectivity index (χ2v) is 4.59. The largest absolute Gasteiger partial charge is 0.399 e. The van der Waals surface area contributed by atoms with Crippen LogP contribution in [0.15, 0.2) is 52.9 Å². The molecule has 2 aromatic carbocycles.